The number of halogens is 3. The summed E-state index contributed by atoms with van der Waals surface area (Å²) in [5.41, 5.74) is 7.81. The molecule has 11 heteroatoms. The van der Waals surface area contributed by atoms with E-state index in [1.54, 1.807) is 24.1 Å². The molecule has 3 heterocycles. The fraction of sp³-hybridized carbons (Fsp3) is 0.321. The average Bonchev–Trinajstić information content (AvgIpc) is 3.28. The zero-order chi connectivity index (χ0) is 27.6. The Morgan fingerprint density at radius 1 is 1.13 bits per heavy atom. The molecular weight excluding hydrogens is 509 g/mol. The second-order valence-corrected chi connectivity index (χ2v) is 9.60. The van der Waals surface area contributed by atoms with Crippen LogP contribution in [0.3, 0.4) is 0 Å². The van der Waals surface area contributed by atoms with Crippen LogP contribution in [0.15, 0.2) is 66.9 Å². The van der Waals surface area contributed by atoms with Crippen molar-refractivity contribution in [2.45, 2.75) is 44.3 Å². The first-order valence-electron chi connectivity index (χ1n) is 12.7. The number of likely N-dealkylation sites (N-methyl/N-ethyl adjacent to an activating group) is 1. The van der Waals surface area contributed by atoms with E-state index in [4.69, 9.17) is 10.5 Å². The highest BCUT2D eigenvalue weighted by Crippen LogP contribution is 2.39. The van der Waals surface area contributed by atoms with Gasteiger partial charge in [-0.3, -0.25) is 0 Å². The molecule has 2 unspecified atom stereocenters. The summed E-state index contributed by atoms with van der Waals surface area (Å²) in [6, 6.07) is 15.9. The zero-order valence-electron chi connectivity index (χ0n) is 21.4. The first-order valence-corrected chi connectivity index (χ1v) is 12.7. The van der Waals surface area contributed by atoms with E-state index in [0.29, 0.717) is 35.6 Å². The molecule has 2 aliphatic rings. The lowest BCUT2D eigenvalue weighted by atomic mass is 9.99. The lowest BCUT2D eigenvalue weighted by Gasteiger charge is -2.41. The molecule has 0 radical (unpaired) electrons. The lowest BCUT2D eigenvalue weighted by Crippen LogP contribution is -2.57. The van der Waals surface area contributed by atoms with Gasteiger partial charge in [0.15, 0.2) is 0 Å². The fourth-order valence-electron chi connectivity index (χ4n) is 5.20. The van der Waals surface area contributed by atoms with Crippen LogP contribution in [-0.2, 0) is 17.5 Å². The van der Waals surface area contributed by atoms with Gasteiger partial charge in [0.05, 0.1) is 28.7 Å². The third-order valence-corrected chi connectivity index (χ3v) is 7.05. The van der Waals surface area contributed by atoms with E-state index >= 15 is 0 Å². The molecule has 39 heavy (non-hydrogen) atoms. The van der Waals surface area contributed by atoms with Gasteiger partial charge < -0.3 is 25.6 Å². The summed E-state index contributed by atoms with van der Waals surface area (Å²) < 4.78 is 46.4. The molecule has 8 nitrogen and oxygen atoms in total. The topological polar surface area (TPSA) is 96.6 Å². The summed E-state index contributed by atoms with van der Waals surface area (Å²) >= 11 is 0. The number of piperidine rings is 1. The minimum absolute atomic E-state index is 0.0417. The van der Waals surface area contributed by atoms with Crippen LogP contribution in [-0.4, -0.2) is 51.7 Å². The summed E-state index contributed by atoms with van der Waals surface area (Å²) in [4.78, 5) is 25.1. The van der Waals surface area contributed by atoms with Crippen molar-refractivity contribution in [2.24, 2.45) is 0 Å². The van der Waals surface area contributed by atoms with Crippen LogP contribution in [0.1, 0.15) is 41.6 Å². The van der Waals surface area contributed by atoms with E-state index in [1.807, 2.05) is 35.2 Å². The van der Waals surface area contributed by atoms with Crippen LogP contribution in [0.2, 0.25) is 0 Å². The van der Waals surface area contributed by atoms with Gasteiger partial charge in [-0.05, 0) is 43.0 Å². The number of hydrogen-bond acceptors (Lipinski definition) is 7. The molecule has 3 aromatic rings. The van der Waals surface area contributed by atoms with E-state index < -0.39 is 24.0 Å². The normalized spacial score (nSPS) is 19.7. The van der Waals surface area contributed by atoms with Crippen molar-refractivity contribution in [3.63, 3.8) is 0 Å². The number of rotatable bonds is 5. The number of nitrogen functional groups attached to an aromatic ring is 1. The first kappa shape index (κ1) is 26.3. The van der Waals surface area contributed by atoms with E-state index in [0.717, 1.165) is 30.5 Å². The van der Waals surface area contributed by atoms with Crippen LogP contribution >= 0.6 is 0 Å². The van der Waals surface area contributed by atoms with Crippen LogP contribution in [0.4, 0.5) is 23.9 Å². The Labute approximate surface area is 224 Å². The molecular formula is C28H29F3N6O2. The van der Waals surface area contributed by atoms with Crippen LogP contribution in [0.25, 0.3) is 11.4 Å². The van der Waals surface area contributed by atoms with Crippen molar-refractivity contribution in [3.8, 4) is 0 Å². The second kappa shape index (κ2) is 10.8. The third kappa shape index (κ3) is 5.62. The monoisotopic (exact) mass is 538 g/mol. The van der Waals surface area contributed by atoms with E-state index in [-0.39, 0.29) is 18.6 Å². The van der Waals surface area contributed by atoms with Crippen LogP contribution in [0.5, 0.6) is 0 Å². The van der Waals surface area contributed by atoms with E-state index in [1.165, 1.54) is 12.3 Å². The maximum atomic E-state index is 13.6. The van der Waals surface area contributed by atoms with E-state index in [9.17, 15) is 18.0 Å². The Bertz CT molecular complexity index is 1360. The Kier molecular flexibility index (Phi) is 7.32. The van der Waals surface area contributed by atoms with Gasteiger partial charge in [-0.25, -0.2) is 14.8 Å². The molecule has 1 saturated heterocycles. The predicted molar refractivity (Wildman–Crippen MR) is 140 cm³/mol. The minimum atomic E-state index is -4.50. The fourth-order valence-corrected chi connectivity index (χ4v) is 5.20. The van der Waals surface area contributed by atoms with Gasteiger partial charge in [-0.15, -0.1) is 0 Å². The van der Waals surface area contributed by atoms with Crippen molar-refractivity contribution in [1.82, 2.24) is 25.1 Å². The van der Waals surface area contributed by atoms with Gasteiger partial charge >= 0.3 is 12.3 Å². The molecule has 1 aromatic heterocycles. The second-order valence-electron chi connectivity index (χ2n) is 9.60. The Hall–Kier alpha value is -4.28. The molecule has 2 atom stereocenters. The summed E-state index contributed by atoms with van der Waals surface area (Å²) in [5, 5.41) is 3.45. The highest BCUT2D eigenvalue weighted by atomic mass is 19.4. The molecule has 1 amide bonds. The molecule has 204 valence electrons. The van der Waals surface area contributed by atoms with Crippen molar-refractivity contribution in [3.05, 3.63) is 89.2 Å². The standard InChI is InChI=1S/C28H29F3N6O2/c1-36-24(19-10-7-11-20(16-19)28(29,30)31)23(21-13-14-33-26(32)34-21)35-25(36)22-12-5-6-15-37(22)27(38)39-17-18-8-3-2-4-9-18/h2-4,7-11,13-14,16,22,25,35H,5-6,12,15,17H2,1H3,(H2,32,33,34). The zero-order valence-corrected chi connectivity index (χ0v) is 21.4. The molecule has 2 aromatic carbocycles. The van der Waals surface area contributed by atoms with Crippen molar-refractivity contribution in [1.29, 1.82) is 0 Å². The maximum absolute atomic E-state index is 13.6. The number of carbonyl (C=O) groups is 1. The number of amides is 1. The molecule has 0 spiro atoms. The number of likely N-dealkylation sites (tertiary alicyclic amines) is 1. The summed E-state index contributed by atoms with van der Waals surface area (Å²) in [7, 11) is 1.80. The van der Waals surface area contributed by atoms with Crippen molar-refractivity contribution >= 4 is 23.4 Å². The molecule has 1 fully saturated rings. The van der Waals surface area contributed by atoms with Crippen LogP contribution in [0, 0.1) is 0 Å². The molecule has 3 N–H and O–H groups in total. The summed E-state index contributed by atoms with van der Waals surface area (Å²) in [6.45, 7) is 0.662. The van der Waals surface area contributed by atoms with Crippen LogP contribution < -0.4 is 11.1 Å². The first-order chi connectivity index (χ1) is 18.7. The quantitative estimate of drug-likeness (QED) is 0.474. The molecule has 0 saturated carbocycles. The smallest absolute Gasteiger partial charge is 0.416 e. The number of anilines is 1. The minimum Gasteiger partial charge on any atom is -0.445 e. The lowest BCUT2D eigenvalue weighted by molar-refractivity contribution is -0.137. The van der Waals surface area contributed by atoms with Crippen molar-refractivity contribution < 1.29 is 22.7 Å². The van der Waals surface area contributed by atoms with Gasteiger partial charge in [-0.1, -0.05) is 42.5 Å². The number of carbonyl (C=O) groups excluding carboxylic acids is 1. The molecule has 0 aliphatic carbocycles. The molecule has 5 rings (SSSR count). The van der Waals surface area contributed by atoms with Gasteiger partial charge in [0.25, 0.3) is 0 Å². The van der Waals surface area contributed by atoms with Crippen molar-refractivity contribution in [2.75, 3.05) is 19.3 Å². The molecule has 2 aliphatic heterocycles. The maximum Gasteiger partial charge on any atom is 0.416 e. The average molecular weight is 539 g/mol. The largest absolute Gasteiger partial charge is 0.445 e. The van der Waals surface area contributed by atoms with E-state index in [2.05, 4.69) is 15.3 Å². The predicted octanol–water partition coefficient (Wildman–Crippen LogP) is 4.96. The summed E-state index contributed by atoms with van der Waals surface area (Å²) in [5.74, 6) is 0.0417. The molecule has 0 bridgehead atoms. The van der Waals surface area contributed by atoms with Gasteiger partial charge in [-0.2, -0.15) is 13.2 Å². The Morgan fingerprint density at radius 3 is 2.67 bits per heavy atom. The number of aromatic nitrogens is 2. The third-order valence-electron chi connectivity index (χ3n) is 7.05. The van der Waals surface area contributed by atoms with Gasteiger partial charge in [0.2, 0.25) is 5.95 Å². The highest BCUT2D eigenvalue weighted by molar-refractivity contribution is 5.90. The Balaban J connectivity index is 1.47. The number of nitrogens with one attached hydrogen (secondary N) is 1. The van der Waals surface area contributed by atoms with Gasteiger partial charge in [0, 0.05) is 25.4 Å². The Morgan fingerprint density at radius 2 is 1.92 bits per heavy atom. The number of hydrogen-bond donors (Lipinski definition) is 2. The number of alkyl halides is 3. The summed E-state index contributed by atoms with van der Waals surface area (Å²) in [6.07, 6.45) is -1.45. The number of nitrogens with two attached hydrogens (primary N) is 1. The highest BCUT2D eigenvalue weighted by Gasteiger charge is 2.42. The number of benzene rings is 2. The van der Waals surface area contributed by atoms with Gasteiger partial charge in [0.1, 0.15) is 12.8 Å². The number of ether oxygens (including phenoxy) is 1. The number of nitrogens with zero attached hydrogens (tertiary/aromatic N) is 4. The SMILES string of the molecule is CN1C(c2cccc(C(F)(F)F)c2)=C(c2ccnc(N)n2)NC1C1CCCCN1C(=O)OCc1ccccc1.